The molecule has 0 spiro atoms. The molecular formula is C9H11ClINO. The van der Waals surface area contributed by atoms with E-state index in [2.05, 4.69) is 27.9 Å². The largest absolute Gasteiger partial charge is 0.394 e. The van der Waals surface area contributed by atoms with Crippen LogP contribution in [-0.4, -0.2) is 18.8 Å². The Morgan fingerprint density at radius 1 is 1.62 bits per heavy atom. The zero-order valence-electron chi connectivity index (χ0n) is 7.22. The van der Waals surface area contributed by atoms with Gasteiger partial charge in [-0.25, -0.2) is 0 Å². The van der Waals surface area contributed by atoms with Gasteiger partial charge in [0.1, 0.15) is 0 Å². The van der Waals surface area contributed by atoms with Gasteiger partial charge >= 0.3 is 0 Å². The zero-order valence-corrected chi connectivity index (χ0v) is 10.1. The van der Waals surface area contributed by atoms with Crippen LogP contribution in [0.1, 0.15) is 11.6 Å². The molecule has 0 saturated carbocycles. The molecule has 1 aromatic carbocycles. The molecule has 1 unspecified atom stereocenters. The quantitative estimate of drug-likeness (QED) is 0.839. The third-order valence-electron chi connectivity index (χ3n) is 1.86. The van der Waals surface area contributed by atoms with Crippen molar-refractivity contribution in [2.45, 2.75) is 6.04 Å². The van der Waals surface area contributed by atoms with Crippen molar-refractivity contribution in [3.05, 3.63) is 32.4 Å². The van der Waals surface area contributed by atoms with Crippen molar-refractivity contribution >= 4 is 34.2 Å². The minimum absolute atomic E-state index is 0.0365. The molecule has 2 N–H and O–H groups in total. The van der Waals surface area contributed by atoms with E-state index in [1.54, 1.807) is 0 Å². The molecule has 0 bridgehead atoms. The average molecular weight is 312 g/mol. The lowest BCUT2D eigenvalue weighted by Crippen LogP contribution is -2.20. The molecule has 0 amide bonds. The van der Waals surface area contributed by atoms with E-state index >= 15 is 0 Å². The van der Waals surface area contributed by atoms with E-state index in [1.807, 2.05) is 25.2 Å². The average Bonchev–Trinajstić information content (AvgIpc) is 2.13. The summed E-state index contributed by atoms with van der Waals surface area (Å²) in [6.45, 7) is 0.0762. The lowest BCUT2D eigenvalue weighted by Gasteiger charge is -2.15. The van der Waals surface area contributed by atoms with Crippen LogP contribution >= 0.6 is 34.2 Å². The van der Waals surface area contributed by atoms with Crippen LogP contribution in [0.15, 0.2) is 18.2 Å². The molecule has 0 radical (unpaired) electrons. The van der Waals surface area contributed by atoms with Crippen LogP contribution in [0, 0.1) is 3.57 Å². The van der Waals surface area contributed by atoms with Gasteiger partial charge in [0, 0.05) is 8.59 Å². The summed E-state index contributed by atoms with van der Waals surface area (Å²) in [4.78, 5) is 0. The molecule has 1 rings (SSSR count). The molecule has 1 atom stereocenters. The summed E-state index contributed by atoms with van der Waals surface area (Å²) in [5.41, 5.74) is 1.04. The van der Waals surface area contributed by atoms with Gasteiger partial charge in [-0.3, -0.25) is 0 Å². The fourth-order valence-corrected chi connectivity index (χ4v) is 2.02. The Bertz CT molecular complexity index is 289. The molecule has 13 heavy (non-hydrogen) atoms. The number of rotatable bonds is 3. The standard InChI is InChI=1S/C9H11ClINO/c1-12-9(5-13)7-4-6(10)2-3-8(7)11/h2-4,9,12-13H,5H2,1H3. The van der Waals surface area contributed by atoms with Crippen LogP contribution in [0.2, 0.25) is 5.02 Å². The monoisotopic (exact) mass is 311 g/mol. The SMILES string of the molecule is CNC(CO)c1cc(Cl)ccc1I. The molecular weight excluding hydrogens is 300 g/mol. The summed E-state index contributed by atoms with van der Waals surface area (Å²) in [6.07, 6.45) is 0. The lowest BCUT2D eigenvalue weighted by atomic mass is 10.1. The first kappa shape index (κ1) is 11.2. The number of hydrogen-bond acceptors (Lipinski definition) is 2. The highest BCUT2D eigenvalue weighted by molar-refractivity contribution is 14.1. The molecule has 0 aliphatic heterocycles. The third-order valence-corrected chi connectivity index (χ3v) is 3.08. The number of hydrogen-bond donors (Lipinski definition) is 2. The number of aliphatic hydroxyl groups is 1. The highest BCUT2D eigenvalue weighted by Gasteiger charge is 2.11. The van der Waals surface area contributed by atoms with Gasteiger partial charge in [-0.1, -0.05) is 11.6 Å². The number of nitrogens with one attached hydrogen (secondary N) is 1. The van der Waals surface area contributed by atoms with E-state index in [1.165, 1.54) is 0 Å². The molecule has 2 nitrogen and oxygen atoms in total. The van der Waals surface area contributed by atoms with Crippen molar-refractivity contribution in [1.82, 2.24) is 5.32 Å². The predicted molar refractivity (Wildman–Crippen MR) is 63.1 cm³/mol. The Balaban J connectivity index is 3.03. The summed E-state index contributed by atoms with van der Waals surface area (Å²) in [6, 6.07) is 5.63. The van der Waals surface area contributed by atoms with Crippen molar-refractivity contribution in [1.29, 1.82) is 0 Å². The van der Waals surface area contributed by atoms with E-state index in [0.717, 1.165) is 9.13 Å². The van der Waals surface area contributed by atoms with Crippen molar-refractivity contribution in [3.8, 4) is 0 Å². The fourth-order valence-electron chi connectivity index (χ4n) is 1.13. The minimum atomic E-state index is -0.0365. The summed E-state index contributed by atoms with van der Waals surface area (Å²) in [7, 11) is 1.82. The van der Waals surface area contributed by atoms with Crippen molar-refractivity contribution in [2.75, 3.05) is 13.7 Å². The van der Waals surface area contributed by atoms with Crippen LogP contribution in [0.4, 0.5) is 0 Å². The zero-order chi connectivity index (χ0) is 9.84. The fraction of sp³-hybridized carbons (Fsp3) is 0.333. The van der Waals surface area contributed by atoms with Crippen LogP contribution in [0.25, 0.3) is 0 Å². The maximum atomic E-state index is 9.09. The van der Waals surface area contributed by atoms with Crippen molar-refractivity contribution < 1.29 is 5.11 Å². The summed E-state index contributed by atoms with van der Waals surface area (Å²) < 4.78 is 1.11. The van der Waals surface area contributed by atoms with E-state index in [4.69, 9.17) is 16.7 Å². The molecule has 0 aliphatic carbocycles. The van der Waals surface area contributed by atoms with E-state index in [0.29, 0.717) is 5.02 Å². The summed E-state index contributed by atoms with van der Waals surface area (Å²) in [5.74, 6) is 0. The second kappa shape index (κ2) is 5.14. The molecule has 4 heteroatoms. The Labute approximate surface area is 96.4 Å². The van der Waals surface area contributed by atoms with Gasteiger partial charge in [-0.15, -0.1) is 0 Å². The van der Waals surface area contributed by atoms with Crippen LogP contribution in [0.3, 0.4) is 0 Å². The molecule has 0 saturated heterocycles. The Morgan fingerprint density at radius 2 is 2.31 bits per heavy atom. The maximum absolute atomic E-state index is 9.09. The van der Waals surface area contributed by atoms with Gasteiger partial charge in [0.15, 0.2) is 0 Å². The Morgan fingerprint density at radius 3 is 2.85 bits per heavy atom. The lowest BCUT2D eigenvalue weighted by molar-refractivity contribution is 0.250. The van der Waals surface area contributed by atoms with Gasteiger partial charge in [0.2, 0.25) is 0 Å². The topological polar surface area (TPSA) is 32.3 Å². The first-order chi connectivity index (χ1) is 6.19. The first-order valence-corrected chi connectivity index (χ1v) is 5.37. The highest BCUT2D eigenvalue weighted by atomic mass is 127. The minimum Gasteiger partial charge on any atom is -0.394 e. The number of aliphatic hydroxyl groups excluding tert-OH is 1. The molecule has 0 heterocycles. The third kappa shape index (κ3) is 2.80. The molecule has 0 fully saturated rings. The molecule has 0 aromatic heterocycles. The smallest absolute Gasteiger partial charge is 0.0626 e. The van der Waals surface area contributed by atoms with Crippen LogP contribution in [0.5, 0.6) is 0 Å². The van der Waals surface area contributed by atoms with Crippen molar-refractivity contribution in [3.63, 3.8) is 0 Å². The second-order valence-electron chi connectivity index (χ2n) is 2.69. The maximum Gasteiger partial charge on any atom is 0.0626 e. The number of halogens is 2. The van der Waals surface area contributed by atoms with E-state index < -0.39 is 0 Å². The molecule has 72 valence electrons. The highest BCUT2D eigenvalue weighted by Crippen LogP contribution is 2.23. The first-order valence-electron chi connectivity index (χ1n) is 3.92. The molecule has 0 aliphatic rings. The van der Waals surface area contributed by atoms with Crippen LogP contribution < -0.4 is 5.32 Å². The van der Waals surface area contributed by atoms with Gasteiger partial charge in [0.05, 0.1) is 12.6 Å². The summed E-state index contributed by atoms with van der Waals surface area (Å²) in [5, 5.41) is 12.8. The van der Waals surface area contributed by atoms with E-state index in [9.17, 15) is 0 Å². The van der Waals surface area contributed by atoms with Crippen molar-refractivity contribution in [2.24, 2.45) is 0 Å². The predicted octanol–water partition coefficient (Wildman–Crippen LogP) is 2.20. The van der Waals surface area contributed by atoms with Gasteiger partial charge in [-0.05, 0) is 53.4 Å². The van der Waals surface area contributed by atoms with Gasteiger partial charge in [0.25, 0.3) is 0 Å². The Kier molecular flexibility index (Phi) is 4.45. The number of benzene rings is 1. The molecule has 1 aromatic rings. The van der Waals surface area contributed by atoms with Gasteiger partial charge in [-0.2, -0.15) is 0 Å². The Hall–Kier alpha value is 0.160. The van der Waals surface area contributed by atoms with E-state index in [-0.39, 0.29) is 12.6 Å². The number of likely N-dealkylation sites (N-methyl/N-ethyl adjacent to an activating group) is 1. The van der Waals surface area contributed by atoms with Crippen LogP contribution in [-0.2, 0) is 0 Å². The normalized spacial score (nSPS) is 12.9. The second-order valence-corrected chi connectivity index (χ2v) is 4.29. The van der Waals surface area contributed by atoms with Gasteiger partial charge < -0.3 is 10.4 Å². The summed E-state index contributed by atoms with van der Waals surface area (Å²) >= 11 is 8.09.